The first kappa shape index (κ1) is 25.3. The number of nitrogens with zero attached hydrogens (tertiary/aromatic N) is 3. The highest BCUT2D eigenvalue weighted by Crippen LogP contribution is 2.30. The molecule has 0 unspecified atom stereocenters. The molecule has 0 amide bonds. The highest BCUT2D eigenvalue weighted by molar-refractivity contribution is 6.03. The van der Waals surface area contributed by atoms with Crippen molar-refractivity contribution < 1.29 is 19.0 Å². The van der Waals surface area contributed by atoms with E-state index in [4.69, 9.17) is 4.74 Å². The van der Waals surface area contributed by atoms with E-state index in [-0.39, 0.29) is 23.9 Å². The number of carbonyl (C=O) groups excluding carboxylic acids is 1. The molecule has 0 spiro atoms. The van der Waals surface area contributed by atoms with Crippen LogP contribution < -0.4 is 0 Å². The number of Topliss-reactive ketones (excluding diaryl/α,β-unsaturated/α-hetero) is 1. The van der Waals surface area contributed by atoms with E-state index in [9.17, 15) is 14.3 Å². The third-order valence-electron chi connectivity index (χ3n) is 7.09. The second-order valence-corrected chi connectivity index (χ2v) is 9.91. The highest BCUT2D eigenvalue weighted by Gasteiger charge is 2.30. The van der Waals surface area contributed by atoms with Crippen LogP contribution >= 0.6 is 0 Å². The third kappa shape index (κ3) is 6.72. The molecule has 3 heterocycles. The van der Waals surface area contributed by atoms with Crippen molar-refractivity contribution in [2.45, 2.75) is 31.5 Å². The van der Waals surface area contributed by atoms with Gasteiger partial charge in [0.15, 0.2) is 5.76 Å². The van der Waals surface area contributed by atoms with E-state index < -0.39 is 6.17 Å². The van der Waals surface area contributed by atoms with Crippen LogP contribution in [0.1, 0.15) is 41.0 Å². The van der Waals surface area contributed by atoms with Crippen molar-refractivity contribution in [1.29, 1.82) is 0 Å². The van der Waals surface area contributed by atoms with Gasteiger partial charge in [0.25, 0.3) is 0 Å². The lowest BCUT2D eigenvalue weighted by molar-refractivity contribution is -0.117. The molecule has 1 atom stereocenters. The van der Waals surface area contributed by atoms with Gasteiger partial charge in [-0.3, -0.25) is 19.6 Å². The molecule has 3 aliphatic rings. The summed E-state index contributed by atoms with van der Waals surface area (Å²) in [4.78, 5) is 20.6. The van der Waals surface area contributed by atoms with Gasteiger partial charge in [-0.1, -0.05) is 36.1 Å². The molecule has 2 aromatic carbocycles. The molecule has 1 N–H and O–H groups in total. The Morgan fingerprint density at radius 2 is 1.65 bits per heavy atom. The predicted molar refractivity (Wildman–Crippen MR) is 141 cm³/mol. The van der Waals surface area contributed by atoms with Gasteiger partial charge in [0, 0.05) is 75.4 Å². The van der Waals surface area contributed by atoms with Gasteiger partial charge in [-0.05, 0) is 35.4 Å². The molecule has 192 valence electrons. The van der Waals surface area contributed by atoms with Gasteiger partial charge in [-0.15, -0.1) is 0 Å². The summed E-state index contributed by atoms with van der Waals surface area (Å²) in [6.07, 6.45) is 1.31. The van der Waals surface area contributed by atoms with Crippen LogP contribution in [0.2, 0.25) is 0 Å². The van der Waals surface area contributed by atoms with Crippen LogP contribution in [0.3, 0.4) is 0 Å². The Bertz CT molecular complexity index is 1220. The fraction of sp³-hybridized carbons (Fsp3) is 0.400. The molecular formula is C30H32FN3O3. The fourth-order valence-electron chi connectivity index (χ4n) is 4.89. The number of morpholine rings is 1. The van der Waals surface area contributed by atoms with Gasteiger partial charge in [-0.2, -0.15) is 0 Å². The zero-order valence-corrected chi connectivity index (χ0v) is 20.9. The quantitative estimate of drug-likeness (QED) is 0.584. The van der Waals surface area contributed by atoms with Crippen molar-refractivity contribution in [1.82, 2.24) is 9.80 Å². The summed E-state index contributed by atoms with van der Waals surface area (Å²) in [7, 11) is 0. The molecule has 0 aromatic heterocycles. The minimum Gasteiger partial charge on any atom is -0.503 e. The van der Waals surface area contributed by atoms with Gasteiger partial charge >= 0.3 is 0 Å². The fourth-order valence-corrected chi connectivity index (χ4v) is 4.89. The number of likely N-dealkylation sites (tertiary alicyclic amines) is 1. The summed E-state index contributed by atoms with van der Waals surface area (Å²) < 4.78 is 18.8. The lowest BCUT2D eigenvalue weighted by atomic mass is 9.90. The van der Waals surface area contributed by atoms with Gasteiger partial charge in [-0.25, -0.2) is 4.39 Å². The Hall–Kier alpha value is -3.31. The summed E-state index contributed by atoms with van der Waals surface area (Å²) in [6.45, 7) is 5.94. The summed E-state index contributed by atoms with van der Waals surface area (Å²) in [5.74, 6) is 5.90. The van der Waals surface area contributed by atoms with Gasteiger partial charge in [0.1, 0.15) is 6.17 Å². The Morgan fingerprint density at radius 3 is 2.30 bits per heavy atom. The summed E-state index contributed by atoms with van der Waals surface area (Å²) in [6, 6.07) is 16.4. The maximum absolute atomic E-state index is 13.4. The highest BCUT2D eigenvalue weighted by atomic mass is 19.1. The van der Waals surface area contributed by atoms with Crippen molar-refractivity contribution in [3.05, 3.63) is 82.2 Å². The van der Waals surface area contributed by atoms with E-state index in [2.05, 4.69) is 50.9 Å². The molecule has 2 aromatic rings. The van der Waals surface area contributed by atoms with Crippen LogP contribution in [0.5, 0.6) is 0 Å². The molecule has 0 saturated carbocycles. The van der Waals surface area contributed by atoms with Crippen LogP contribution in [0.4, 0.5) is 4.39 Å². The molecule has 0 aliphatic carbocycles. The number of aliphatic hydroxyl groups is 1. The van der Waals surface area contributed by atoms with Crippen molar-refractivity contribution in [3.63, 3.8) is 0 Å². The van der Waals surface area contributed by atoms with E-state index in [0.717, 1.165) is 49.5 Å². The van der Waals surface area contributed by atoms with Crippen LogP contribution in [0.15, 0.2) is 65.0 Å². The number of ether oxygens (including phenoxy) is 1. The summed E-state index contributed by atoms with van der Waals surface area (Å²) in [5, 5.41) is 10.2. The van der Waals surface area contributed by atoms with Crippen LogP contribution in [-0.2, 0) is 16.1 Å². The average Bonchev–Trinajstić information content (AvgIpc) is 2.90. The van der Waals surface area contributed by atoms with Crippen LogP contribution in [-0.4, -0.2) is 79.0 Å². The number of alkyl halides is 1. The molecule has 0 bridgehead atoms. The average molecular weight is 502 g/mol. The van der Waals surface area contributed by atoms with Crippen molar-refractivity contribution in [3.8, 4) is 11.8 Å². The van der Waals surface area contributed by atoms with E-state index in [1.165, 1.54) is 5.56 Å². The molecule has 6 nitrogen and oxygen atoms in total. The predicted octanol–water partition coefficient (Wildman–Crippen LogP) is 3.86. The zero-order chi connectivity index (χ0) is 25.6. The number of aliphatic hydroxyl groups excluding tert-OH is 1. The molecular weight excluding hydrogens is 469 g/mol. The number of carbonyl (C=O) groups is 1. The molecule has 37 heavy (non-hydrogen) atoms. The number of hydrogen-bond acceptors (Lipinski definition) is 6. The van der Waals surface area contributed by atoms with Crippen molar-refractivity contribution in [2.75, 3.05) is 45.9 Å². The topological polar surface area (TPSA) is 65.4 Å². The SMILES string of the molecule is O=C1CC=NC(C[C@H](CN2CC(F)C2)c2ccc(C#Cc3ccc(CN4CCOCC4)cc3)cc2)=C1O. The van der Waals surface area contributed by atoms with Crippen LogP contribution in [0.25, 0.3) is 0 Å². The van der Waals surface area contributed by atoms with Gasteiger partial charge < -0.3 is 9.84 Å². The lowest BCUT2D eigenvalue weighted by Crippen LogP contribution is -2.49. The van der Waals surface area contributed by atoms with E-state index in [0.29, 0.717) is 31.8 Å². The monoisotopic (exact) mass is 501 g/mol. The zero-order valence-electron chi connectivity index (χ0n) is 20.9. The van der Waals surface area contributed by atoms with Crippen molar-refractivity contribution in [2.24, 2.45) is 4.99 Å². The van der Waals surface area contributed by atoms with E-state index in [1.54, 1.807) is 6.21 Å². The number of rotatable bonds is 7. The Kier molecular flexibility index (Phi) is 8.10. The maximum Gasteiger partial charge on any atom is 0.204 e. The number of ketones is 1. The number of hydrogen-bond donors (Lipinski definition) is 1. The minimum absolute atomic E-state index is 0.0197. The first-order chi connectivity index (χ1) is 18.0. The lowest BCUT2D eigenvalue weighted by Gasteiger charge is -2.37. The molecule has 5 rings (SSSR count). The first-order valence-electron chi connectivity index (χ1n) is 12.9. The normalized spacial score (nSPS) is 19.9. The Morgan fingerprint density at radius 1 is 1.00 bits per heavy atom. The molecule has 3 aliphatic heterocycles. The Labute approximate surface area is 217 Å². The first-order valence-corrected chi connectivity index (χ1v) is 12.9. The molecule has 0 radical (unpaired) electrons. The smallest absolute Gasteiger partial charge is 0.204 e. The Balaban J connectivity index is 1.25. The minimum atomic E-state index is -0.784. The van der Waals surface area contributed by atoms with Crippen molar-refractivity contribution >= 4 is 12.0 Å². The third-order valence-corrected chi connectivity index (χ3v) is 7.09. The van der Waals surface area contributed by atoms with Crippen LogP contribution in [0, 0.1) is 11.8 Å². The number of aliphatic imine (C=N–C) groups is 1. The molecule has 2 saturated heterocycles. The second-order valence-electron chi connectivity index (χ2n) is 9.91. The maximum atomic E-state index is 13.4. The number of halogens is 1. The van der Waals surface area contributed by atoms with Gasteiger partial charge in [0.05, 0.1) is 18.9 Å². The summed E-state index contributed by atoms with van der Waals surface area (Å²) >= 11 is 0. The number of allylic oxidation sites excluding steroid dienone is 2. The second kappa shape index (κ2) is 11.8. The largest absolute Gasteiger partial charge is 0.503 e. The van der Waals surface area contributed by atoms with E-state index in [1.807, 2.05) is 24.3 Å². The standard InChI is InChI=1S/C30H32FN3O3/c31-27-20-34(21-27)19-26(17-28-30(36)29(35)11-12-32-28)25-9-7-23(8-10-25)2-1-22-3-5-24(6-4-22)18-33-13-15-37-16-14-33/h3-10,12,26-27,36H,11,13-21H2/t26-/m1/s1. The van der Waals surface area contributed by atoms with E-state index >= 15 is 0 Å². The summed E-state index contributed by atoms with van der Waals surface area (Å²) in [5.41, 5.74) is 4.59. The molecule has 2 fully saturated rings. The molecule has 7 heteroatoms. The number of benzene rings is 2. The van der Waals surface area contributed by atoms with Gasteiger partial charge in [0.2, 0.25) is 5.78 Å².